The molecule has 12 rings (SSSR count). The second kappa shape index (κ2) is 11.8. The van der Waals surface area contributed by atoms with Gasteiger partial charge < -0.3 is 4.57 Å². The molecular formula is C53H33N3. The van der Waals surface area contributed by atoms with Gasteiger partial charge in [0.25, 0.3) is 0 Å². The van der Waals surface area contributed by atoms with E-state index in [1.54, 1.807) is 0 Å². The highest BCUT2D eigenvalue weighted by Gasteiger charge is 2.52. The smallest absolute Gasteiger partial charge is 0.160 e. The average molecular weight is 712 g/mol. The first-order valence-electron chi connectivity index (χ1n) is 19.3. The minimum absolute atomic E-state index is 0.384. The molecule has 260 valence electrons. The lowest BCUT2D eigenvalue weighted by Gasteiger charge is -2.30. The molecule has 0 saturated heterocycles. The maximum atomic E-state index is 5.10. The topological polar surface area (TPSA) is 30.7 Å². The van der Waals surface area contributed by atoms with Gasteiger partial charge in [-0.1, -0.05) is 158 Å². The van der Waals surface area contributed by atoms with Crippen molar-refractivity contribution in [1.82, 2.24) is 14.5 Å². The van der Waals surface area contributed by atoms with Crippen molar-refractivity contribution in [1.29, 1.82) is 0 Å². The van der Waals surface area contributed by atoms with Gasteiger partial charge in [0.05, 0.1) is 27.8 Å². The highest BCUT2D eigenvalue weighted by molar-refractivity contribution is 6.18. The van der Waals surface area contributed by atoms with Crippen molar-refractivity contribution in [2.75, 3.05) is 0 Å². The molecule has 1 spiro atoms. The normalized spacial score (nSPS) is 13.1. The third-order valence-corrected chi connectivity index (χ3v) is 12.0. The molecule has 2 heterocycles. The predicted molar refractivity (Wildman–Crippen MR) is 229 cm³/mol. The van der Waals surface area contributed by atoms with Gasteiger partial charge in [0.15, 0.2) is 5.82 Å². The lowest BCUT2D eigenvalue weighted by molar-refractivity contribution is 0.794. The largest absolute Gasteiger partial charge is 0.309 e. The summed E-state index contributed by atoms with van der Waals surface area (Å²) in [7, 11) is 0. The molecule has 3 heteroatoms. The van der Waals surface area contributed by atoms with Gasteiger partial charge in [-0.05, 0) is 87.0 Å². The summed E-state index contributed by atoms with van der Waals surface area (Å²) in [5, 5.41) is 2.54. The Morgan fingerprint density at radius 3 is 1.52 bits per heavy atom. The van der Waals surface area contributed by atoms with Crippen LogP contribution in [0.4, 0.5) is 0 Å². The summed E-state index contributed by atoms with van der Waals surface area (Å²) in [5.41, 5.74) is 18.7. The van der Waals surface area contributed by atoms with Crippen LogP contribution in [0.15, 0.2) is 200 Å². The maximum Gasteiger partial charge on any atom is 0.160 e. The van der Waals surface area contributed by atoms with Crippen LogP contribution in [0, 0.1) is 0 Å². The van der Waals surface area contributed by atoms with Crippen LogP contribution in [-0.2, 0) is 5.41 Å². The second-order valence-electron chi connectivity index (χ2n) is 14.9. The quantitative estimate of drug-likeness (QED) is 0.182. The van der Waals surface area contributed by atoms with E-state index >= 15 is 0 Å². The summed E-state index contributed by atoms with van der Waals surface area (Å²) in [5.74, 6) is 0.704. The van der Waals surface area contributed by atoms with Crippen molar-refractivity contribution in [2.24, 2.45) is 0 Å². The van der Waals surface area contributed by atoms with E-state index < -0.39 is 0 Å². The molecule has 0 aliphatic heterocycles. The van der Waals surface area contributed by atoms with Crippen LogP contribution in [0.3, 0.4) is 0 Å². The van der Waals surface area contributed by atoms with Crippen LogP contribution in [0.1, 0.15) is 22.3 Å². The van der Waals surface area contributed by atoms with Crippen molar-refractivity contribution in [3.05, 3.63) is 222 Å². The number of hydrogen-bond acceptors (Lipinski definition) is 2. The van der Waals surface area contributed by atoms with Crippen molar-refractivity contribution in [2.45, 2.75) is 5.41 Å². The molecule has 3 nitrogen and oxygen atoms in total. The minimum atomic E-state index is -0.384. The van der Waals surface area contributed by atoms with Gasteiger partial charge in [-0.15, -0.1) is 0 Å². The van der Waals surface area contributed by atoms with Crippen LogP contribution in [-0.4, -0.2) is 14.5 Å². The third kappa shape index (κ3) is 4.22. The highest BCUT2D eigenvalue weighted by atomic mass is 15.0. The van der Waals surface area contributed by atoms with Crippen LogP contribution < -0.4 is 0 Å². The summed E-state index contributed by atoms with van der Waals surface area (Å²) in [4.78, 5) is 10.2. The standard InChI is InChI=1S/C53H33N3/c1-3-15-34(16-4-1)46-33-47(35-17-5-2-6-18-35)55-52(54-46)36-27-29-37(30-28-36)56-48-26-14-10-22-41(48)51-49(56)32-31-45-50(51)40-21-9-13-25-44(40)53(45)42-23-11-7-19-38(42)39-20-8-12-24-43(39)53/h1-33H. The zero-order valence-electron chi connectivity index (χ0n) is 30.4. The van der Waals surface area contributed by atoms with E-state index in [1.165, 1.54) is 66.3 Å². The minimum Gasteiger partial charge on any atom is -0.309 e. The molecule has 56 heavy (non-hydrogen) atoms. The van der Waals surface area contributed by atoms with E-state index in [4.69, 9.17) is 9.97 Å². The molecule has 0 unspecified atom stereocenters. The van der Waals surface area contributed by atoms with Gasteiger partial charge in [0.1, 0.15) is 0 Å². The van der Waals surface area contributed by atoms with Crippen molar-refractivity contribution in [3.63, 3.8) is 0 Å². The summed E-state index contributed by atoms with van der Waals surface area (Å²) >= 11 is 0. The SMILES string of the molecule is c1ccc(-c2cc(-c3ccccc3)nc(-c3ccc(-n4c5ccccc5c5c6c(ccc54)C4(c5ccccc5-c5ccccc54)c4ccccc4-6)cc3)n2)cc1. The van der Waals surface area contributed by atoms with Crippen LogP contribution in [0.5, 0.6) is 0 Å². The Hall–Kier alpha value is -7.36. The molecule has 2 aliphatic carbocycles. The molecule has 0 fully saturated rings. The molecule has 2 aliphatic rings. The zero-order valence-corrected chi connectivity index (χ0v) is 30.4. The number of rotatable bonds is 4. The lowest BCUT2D eigenvalue weighted by Crippen LogP contribution is -2.25. The summed E-state index contributed by atoms with van der Waals surface area (Å²) in [6, 6.07) is 72.3. The summed E-state index contributed by atoms with van der Waals surface area (Å²) in [6.07, 6.45) is 0. The molecule has 0 bridgehead atoms. The summed E-state index contributed by atoms with van der Waals surface area (Å²) in [6.45, 7) is 0. The molecule has 0 atom stereocenters. The van der Waals surface area contributed by atoms with E-state index in [1.807, 2.05) is 12.1 Å². The molecule has 0 amide bonds. The van der Waals surface area contributed by atoms with Gasteiger partial charge in [0, 0.05) is 33.2 Å². The second-order valence-corrected chi connectivity index (χ2v) is 14.9. The van der Waals surface area contributed by atoms with Gasteiger partial charge >= 0.3 is 0 Å². The van der Waals surface area contributed by atoms with Crippen LogP contribution in [0.25, 0.3) is 83.6 Å². The fourth-order valence-electron chi connectivity index (χ4n) is 9.77. The van der Waals surface area contributed by atoms with Crippen LogP contribution >= 0.6 is 0 Å². The first-order valence-corrected chi connectivity index (χ1v) is 19.3. The van der Waals surface area contributed by atoms with E-state index in [9.17, 15) is 0 Å². The predicted octanol–water partition coefficient (Wildman–Crippen LogP) is 12.9. The molecule has 2 aromatic heterocycles. The molecule has 0 N–H and O–H groups in total. The zero-order chi connectivity index (χ0) is 36.8. The first kappa shape index (κ1) is 31.0. The third-order valence-electron chi connectivity index (χ3n) is 12.0. The summed E-state index contributed by atoms with van der Waals surface area (Å²) < 4.78 is 2.43. The number of fused-ring (bicyclic) bond motifs is 14. The Morgan fingerprint density at radius 2 is 0.893 bits per heavy atom. The van der Waals surface area contributed by atoms with E-state index in [0.717, 1.165) is 33.8 Å². The Bertz CT molecular complexity index is 3070. The number of hydrogen-bond donors (Lipinski definition) is 0. The molecule has 10 aromatic rings. The Balaban J connectivity index is 1.06. The number of benzene rings is 8. The Labute approximate surface area is 324 Å². The number of para-hydroxylation sites is 1. The average Bonchev–Trinajstić information content (AvgIpc) is 3.89. The maximum absolute atomic E-state index is 5.10. The Morgan fingerprint density at radius 1 is 0.375 bits per heavy atom. The monoisotopic (exact) mass is 711 g/mol. The first-order chi connectivity index (χ1) is 27.8. The highest BCUT2D eigenvalue weighted by Crippen LogP contribution is 2.64. The fourth-order valence-corrected chi connectivity index (χ4v) is 9.77. The molecule has 8 aromatic carbocycles. The lowest BCUT2D eigenvalue weighted by atomic mass is 9.70. The van der Waals surface area contributed by atoms with Gasteiger partial charge in [0.2, 0.25) is 0 Å². The van der Waals surface area contributed by atoms with Crippen molar-refractivity contribution >= 4 is 21.8 Å². The van der Waals surface area contributed by atoms with Gasteiger partial charge in [-0.2, -0.15) is 0 Å². The number of aromatic nitrogens is 3. The van der Waals surface area contributed by atoms with E-state index in [-0.39, 0.29) is 5.41 Å². The molecular weight excluding hydrogens is 679 g/mol. The fraction of sp³-hybridized carbons (Fsp3) is 0.0189. The van der Waals surface area contributed by atoms with Crippen molar-refractivity contribution < 1.29 is 0 Å². The van der Waals surface area contributed by atoms with Crippen molar-refractivity contribution in [3.8, 4) is 61.8 Å². The van der Waals surface area contributed by atoms with Gasteiger partial charge in [-0.3, -0.25) is 0 Å². The molecule has 0 radical (unpaired) electrons. The number of nitrogens with zero attached hydrogens (tertiary/aromatic N) is 3. The van der Waals surface area contributed by atoms with Gasteiger partial charge in [-0.25, -0.2) is 9.97 Å². The van der Waals surface area contributed by atoms with Crippen LogP contribution in [0.2, 0.25) is 0 Å². The Kier molecular flexibility index (Phi) is 6.55. The van der Waals surface area contributed by atoms with E-state index in [2.05, 4.69) is 193 Å². The molecule has 0 saturated carbocycles. The van der Waals surface area contributed by atoms with E-state index in [0.29, 0.717) is 5.82 Å².